The van der Waals surface area contributed by atoms with Gasteiger partial charge in [0.15, 0.2) is 5.78 Å². The molecule has 0 aliphatic carbocycles. The van der Waals surface area contributed by atoms with E-state index in [1.807, 2.05) is 30.5 Å². The minimum atomic E-state index is 0.134. The van der Waals surface area contributed by atoms with E-state index >= 15 is 0 Å². The van der Waals surface area contributed by atoms with Crippen molar-refractivity contribution in [3.8, 4) is 0 Å². The Balaban J connectivity index is 2.41. The normalized spacial score (nSPS) is 10.6. The average Bonchev–Trinajstić information content (AvgIpc) is 2.68. The molecule has 0 fully saturated rings. The number of carbonyl (C=O) groups excluding carboxylic acids is 1. The third-order valence-corrected chi connectivity index (χ3v) is 3.84. The first-order valence-electron chi connectivity index (χ1n) is 5.92. The van der Waals surface area contributed by atoms with Crippen molar-refractivity contribution in [1.29, 1.82) is 0 Å². The van der Waals surface area contributed by atoms with Gasteiger partial charge < -0.3 is 4.57 Å². The number of aryl methyl sites for hydroxylation is 1. The van der Waals surface area contributed by atoms with Gasteiger partial charge in [-0.3, -0.25) is 4.79 Å². The summed E-state index contributed by atoms with van der Waals surface area (Å²) in [5.74, 6) is 0.134. The predicted molar refractivity (Wildman–Crippen MR) is 76.5 cm³/mol. The van der Waals surface area contributed by atoms with E-state index < -0.39 is 0 Å². The standard InChI is InChI=1S/C15H17NOS/c1-11-9-14(12(2)17)15(18-3)16(11)10-13-7-5-4-6-8-13/h4-9H,10H2,1-3H3. The summed E-state index contributed by atoms with van der Waals surface area (Å²) in [4.78, 5) is 11.6. The molecule has 2 rings (SSSR count). The van der Waals surface area contributed by atoms with Crippen LogP contribution in [0.5, 0.6) is 0 Å². The molecule has 0 aliphatic heterocycles. The molecule has 18 heavy (non-hydrogen) atoms. The third kappa shape index (κ3) is 2.51. The molecule has 94 valence electrons. The molecule has 0 saturated heterocycles. The summed E-state index contributed by atoms with van der Waals surface area (Å²) in [5.41, 5.74) is 3.21. The zero-order valence-corrected chi connectivity index (χ0v) is 11.8. The van der Waals surface area contributed by atoms with Gasteiger partial charge in [0.2, 0.25) is 0 Å². The van der Waals surface area contributed by atoms with Gasteiger partial charge in [0.25, 0.3) is 0 Å². The molecule has 0 amide bonds. The largest absolute Gasteiger partial charge is 0.335 e. The van der Waals surface area contributed by atoms with Crippen LogP contribution in [0, 0.1) is 6.92 Å². The Morgan fingerprint density at radius 1 is 1.28 bits per heavy atom. The van der Waals surface area contributed by atoms with Crippen molar-refractivity contribution >= 4 is 17.5 Å². The van der Waals surface area contributed by atoms with Gasteiger partial charge in [0.1, 0.15) is 0 Å². The molecule has 0 saturated carbocycles. The van der Waals surface area contributed by atoms with Crippen LogP contribution in [0.15, 0.2) is 41.4 Å². The lowest BCUT2D eigenvalue weighted by atomic mass is 10.2. The molecule has 1 aromatic heterocycles. The molecule has 3 heteroatoms. The number of aromatic nitrogens is 1. The number of hydrogen-bond donors (Lipinski definition) is 0. The van der Waals surface area contributed by atoms with Gasteiger partial charge in [0.05, 0.1) is 5.03 Å². The van der Waals surface area contributed by atoms with E-state index in [-0.39, 0.29) is 5.78 Å². The van der Waals surface area contributed by atoms with E-state index in [1.165, 1.54) is 5.56 Å². The fourth-order valence-corrected chi connectivity index (χ4v) is 2.94. The molecule has 0 N–H and O–H groups in total. The van der Waals surface area contributed by atoms with Crippen LogP contribution >= 0.6 is 11.8 Å². The lowest BCUT2D eigenvalue weighted by molar-refractivity contribution is 0.101. The summed E-state index contributed by atoms with van der Waals surface area (Å²) in [7, 11) is 0. The minimum Gasteiger partial charge on any atom is -0.335 e. The summed E-state index contributed by atoms with van der Waals surface area (Å²) >= 11 is 1.63. The molecular weight excluding hydrogens is 242 g/mol. The summed E-state index contributed by atoms with van der Waals surface area (Å²) < 4.78 is 2.21. The van der Waals surface area contributed by atoms with Crippen LogP contribution in [0.4, 0.5) is 0 Å². The Morgan fingerprint density at radius 2 is 1.94 bits per heavy atom. The van der Waals surface area contributed by atoms with E-state index in [2.05, 4.69) is 23.6 Å². The maximum atomic E-state index is 11.6. The Kier molecular flexibility index (Phi) is 3.92. The Morgan fingerprint density at radius 3 is 2.50 bits per heavy atom. The molecule has 0 unspecified atom stereocenters. The van der Waals surface area contributed by atoms with Gasteiger partial charge in [-0.05, 0) is 31.7 Å². The second-order valence-corrected chi connectivity index (χ2v) is 5.13. The van der Waals surface area contributed by atoms with Gasteiger partial charge in [-0.2, -0.15) is 0 Å². The summed E-state index contributed by atoms with van der Waals surface area (Å²) in [5, 5.41) is 1.06. The number of Topliss-reactive ketones (excluding diaryl/α,β-unsaturated/α-hetero) is 1. The van der Waals surface area contributed by atoms with E-state index in [0.717, 1.165) is 22.8 Å². The maximum absolute atomic E-state index is 11.6. The molecule has 0 bridgehead atoms. The molecule has 0 spiro atoms. The van der Waals surface area contributed by atoms with Crippen molar-refractivity contribution in [2.75, 3.05) is 6.26 Å². The van der Waals surface area contributed by atoms with E-state index in [4.69, 9.17) is 0 Å². The van der Waals surface area contributed by atoms with Crippen molar-refractivity contribution in [1.82, 2.24) is 4.57 Å². The average molecular weight is 259 g/mol. The quantitative estimate of drug-likeness (QED) is 0.616. The van der Waals surface area contributed by atoms with E-state index in [0.29, 0.717) is 0 Å². The minimum absolute atomic E-state index is 0.134. The van der Waals surface area contributed by atoms with Crippen LogP contribution in [-0.2, 0) is 6.54 Å². The number of nitrogens with zero attached hydrogens (tertiary/aromatic N) is 1. The molecule has 0 aliphatic rings. The first-order chi connectivity index (χ1) is 8.63. The highest BCUT2D eigenvalue weighted by atomic mass is 32.2. The molecular formula is C15H17NOS. The summed E-state index contributed by atoms with van der Waals surface area (Å²) in [6.07, 6.45) is 2.02. The van der Waals surface area contributed by atoms with Crippen LogP contribution < -0.4 is 0 Å². The highest BCUT2D eigenvalue weighted by Crippen LogP contribution is 2.26. The first-order valence-corrected chi connectivity index (χ1v) is 7.15. The number of benzene rings is 1. The third-order valence-electron chi connectivity index (χ3n) is 3.01. The fourth-order valence-electron chi connectivity index (χ4n) is 2.09. The molecule has 2 nitrogen and oxygen atoms in total. The summed E-state index contributed by atoms with van der Waals surface area (Å²) in [6.45, 7) is 4.49. The van der Waals surface area contributed by atoms with Gasteiger partial charge in [-0.15, -0.1) is 11.8 Å². The van der Waals surface area contributed by atoms with Crippen LogP contribution in [-0.4, -0.2) is 16.6 Å². The van der Waals surface area contributed by atoms with Gasteiger partial charge in [-0.25, -0.2) is 0 Å². The molecule has 1 aromatic carbocycles. The van der Waals surface area contributed by atoms with Crippen molar-refractivity contribution in [3.63, 3.8) is 0 Å². The highest BCUT2D eigenvalue weighted by molar-refractivity contribution is 7.98. The van der Waals surface area contributed by atoms with Crippen LogP contribution in [0.3, 0.4) is 0 Å². The first kappa shape index (κ1) is 13.0. The zero-order chi connectivity index (χ0) is 13.1. The maximum Gasteiger partial charge on any atom is 0.162 e. The Bertz CT molecular complexity index is 557. The Hall–Kier alpha value is -1.48. The lowest BCUT2D eigenvalue weighted by Gasteiger charge is -2.10. The van der Waals surface area contributed by atoms with Gasteiger partial charge in [0, 0.05) is 17.8 Å². The van der Waals surface area contributed by atoms with Crippen LogP contribution in [0.2, 0.25) is 0 Å². The predicted octanol–water partition coefficient (Wildman–Crippen LogP) is 3.77. The SMILES string of the molecule is CSc1c(C(C)=O)cc(C)n1Cc1ccccc1. The van der Waals surface area contributed by atoms with E-state index in [9.17, 15) is 4.79 Å². The molecule has 0 radical (unpaired) electrons. The number of carbonyl (C=O) groups is 1. The molecule has 1 heterocycles. The number of thioether (sulfide) groups is 1. The van der Waals surface area contributed by atoms with Gasteiger partial charge in [-0.1, -0.05) is 30.3 Å². The monoisotopic (exact) mass is 259 g/mol. The fraction of sp³-hybridized carbons (Fsp3) is 0.267. The van der Waals surface area contributed by atoms with Crippen molar-refractivity contribution in [3.05, 3.63) is 53.2 Å². The highest BCUT2D eigenvalue weighted by Gasteiger charge is 2.15. The second kappa shape index (κ2) is 5.44. The molecule has 2 aromatic rings. The lowest BCUT2D eigenvalue weighted by Crippen LogP contribution is -2.04. The summed E-state index contributed by atoms with van der Waals surface area (Å²) in [6, 6.07) is 12.3. The van der Waals surface area contributed by atoms with Crippen molar-refractivity contribution < 1.29 is 4.79 Å². The second-order valence-electron chi connectivity index (χ2n) is 4.34. The van der Waals surface area contributed by atoms with Crippen LogP contribution in [0.25, 0.3) is 0 Å². The Labute approximate surface area is 112 Å². The molecule has 0 atom stereocenters. The van der Waals surface area contributed by atoms with Crippen molar-refractivity contribution in [2.45, 2.75) is 25.4 Å². The number of hydrogen-bond acceptors (Lipinski definition) is 2. The van der Waals surface area contributed by atoms with Crippen molar-refractivity contribution in [2.24, 2.45) is 0 Å². The van der Waals surface area contributed by atoms with Crippen LogP contribution in [0.1, 0.15) is 28.5 Å². The van der Waals surface area contributed by atoms with E-state index in [1.54, 1.807) is 18.7 Å². The number of rotatable bonds is 4. The topological polar surface area (TPSA) is 22.0 Å². The van der Waals surface area contributed by atoms with Gasteiger partial charge >= 0.3 is 0 Å². The smallest absolute Gasteiger partial charge is 0.162 e. The zero-order valence-electron chi connectivity index (χ0n) is 10.9. The number of ketones is 1.